The molecule has 0 fully saturated rings. The van der Waals surface area contributed by atoms with E-state index < -0.39 is 12.0 Å². The summed E-state index contributed by atoms with van der Waals surface area (Å²) >= 11 is 0. The molecule has 2 atom stereocenters. The van der Waals surface area contributed by atoms with Crippen LogP contribution >= 0.6 is 0 Å². The van der Waals surface area contributed by atoms with Gasteiger partial charge in [-0.2, -0.15) is 0 Å². The first-order valence-electron chi connectivity index (χ1n) is 5.98. The number of esters is 1. The number of amides is 1. The minimum atomic E-state index is -0.698. The van der Waals surface area contributed by atoms with Crippen LogP contribution in [0.3, 0.4) is 0 Å². The molecule has 5 nitrogen and oxygen atoms in total. The first kappa shape index (κ1) is 15.0. The first-order chi connectivity index (χ1) is 8.99. The average Bonchev–Trinajstić information content (AvgIpc) is 2.43. The van der Waals surface area contributed by atoms with Gasteiger partial charge in [-0.05, 0) is 17.7 Å². The summed E-state index contributed by atoms with van der Waals surface area (Å²) in [6.45, 7) is 3.23. The molecule has 104 valence electrons. The SMILES string of the molecule is COC(=O)[C@@H](NC(C)=O)[C@H](C)c1ccc(OC)cc1. The van der Waals surface area contributed by atoms with Crippen LogP contribution in [0.5, 0.6) is 5.75 Å². The summed E-state index contributed by atoms with van der Waals surface area (Å²) < 4.78 is 9.80. The van der Waals surface area contributed by atoms with E-state index in [-0.39, 0.29) is 11.8 Å². The Morgan fingerprint density at radius 2 is 1.74 bits per heavy atom. The maximum absolute atomic E-state index is 11.7. The quantitative estimate of drug-likeness (QED) is 0.819. The zero-order valence-electron chi connectivity index (χ0n) is 11.6. The van der Waals surface area contributed by atoms with Crippen molar-refractivity contribution in [3.63, 3.8) is 0 Å². The van der Waals surface area contributed by atoms with Crippen molar-refractivity contribution in [3.8, 4) is 5.75 Å². The van der Waals surface area contributed by atoms with Gasteiger partial charge in [0.1, 0.15) is 11.8 Å². The maximum Gasteiger partial charge on any atom is 0.328 e. The third-order valence-electron chi connectivity index (χ3n) is 2.96. The second kappa shape index (κ2) is 6.78. The fourth-order valence-corrected chi connectivity index (χ4v) is 1.83. The van der Waals surface area contributed by atoms with E-state index in [0.29, 0.717) is 0 Å². The van der Waals surface area contributed by atoms with Crippen LogP contribution in [0.1, 0.15) is 25.3 Å². The molecule has 5 heteroatoms. The molecule has 1 N–H and O–H groups in total. The number of benzene rings is 1. The van der Waals surface area contributed by atoms with Gasteiger partial charge >= 0.3 is 5.97 Å². The van der Waals surface area contributed by atoms with Crippen LogP contribution in [-0.4, -0.2) is 32.1 Å². The smallest absolute Gasteiger partial charge is 0.328 e. The average molecular weight is 265 g/mol. The Balaban J connectivity index is 2.93. The minimum Gasteiger partial charge on any atom is -0.497 e. The van der Waals surface area contributed by atoms with Crippen LogP contribution < -0.4 is 10.1 Å². The van der Waals surface area contributed by atoms with Crippen molar-refractivity contribution in [3.05, 3.63) is 29.8 Å². The Labute approximate surface area is 112 Å². The van der Waals surface area contributed by atoms with Gasteiger partial charge in [0, 0.05) is 12.8 Å². The topological polar surface area (TPSA) is 64.6 Å². The van der Waals surface area contributed by atoms with E-state index in [1.807, 2.05) is 31.2 Å². The number of ether oxygens (including phenoxy) is 2. The summed E-state index contributed by atoms with van der Waals surface area (Å²) in [7, 11) is 2.89. The molecule has 0 aromatic heterocycles. The van der Waals surface area contributed by atoms with Crippen molar-refractivity contribution in [1.29, 1.82) is 0 Å². The van der Waals surface area contributed by atoms with Gasteiger partial charge in [-0.1, -0.05) is 19.1 Å². The molecule has 0 radical (unpaired) electrons. The molecule has 1 aromatic rings. The highest BCUT2D eigenvalue weighted by molar-refractivity contribution is 5.84. The maximum atomic E-state index is 11.7. The summed E-state index contributed by atoms with van der Waals surface area (Å²) in [5.74, 6) is -0.179. The van der Waals surface area contributed by atoms with E-state index in [1.165, 1.54) is 14.0 Å². The predicted molar refractivity (Wildman–Crippen MR) is 71.0 cm³/mol. The minimum absolute atomic E-state index is 0.192. The second-order valence-electron chi connectivity index (χ2n) is 4.26. The Kier molecular flexibility index (Phi) is 5.36. The van der Waals surface area contributed by atoms with Crippen LogP contribution in [0, 0.1) is 0 Å². The lowest BCUT2D eigenvalue weighted by Gasteiger charge is -2.22. The number of methoxy groups -OCH3 is 2. The molecule has 0 aliphatic heterocycles. The Hall–Kier alpha value is -2.04. The number of rotatable bonds is 5. The molecule has 0 unspecified atom stereocenters. The molecule has 0 heterocycles. The zero-order valence-corrected chi connectivity index (χ0v) is 11.6. The van der Waals surface area contributed by atoms with E-state index in [4.69, 9.17) is 9.47 Å². The van der Waals surface area contributed by atoms with Gasteiger partial charge in [0.15, 0.2) is 0 Å². The molecule has 0 saturated carbocycles. The molecule has 0 aliphatic carbocycles. The number of hydrogen-bond acceptors (Lipinski definition) is 4. The Morgan fingerprint density at radius 1 is 1.16 bits per heavy atom. The molecule has 1 amide bonds. The molecular formula is C14H19NO4. The Bertz CT molecular complexity index is 441. The van der Waals surface area contributed by atoms with E-state index in [9.17, 15) is 9.59 Å². The van der Waals surface area contributed by atoms with Gasteiger partial charge in [0.05, 0.1) is 14.2 Å². The highest BCUT2D eigenvalue weighted by Crippen LogP contribution is 2.22. The van der Waals surface area contributed by atoms with Crippen LogP contribution in [0.2, 0.25) is 0 Å². The van der Waals surface area contributed by atoms with Crippen LogP contribution in [-0.2, 0) is 14.3 Å². The Morgan fingerprint density at radius 3 is 2.16 bits per heavy atom. The first-order valence-corrected chi connectivity index (χ1v) is 5.98. The predicted octanol–water partition coefficient (Wildman–Crippen LogP) is 1.48. The van der Waals surface area contributed by atoms with Gasteiger partial charge in [0.2, 0.25) is 5.91 Å². The second-order valence-corrected chi connectivity index (χ2v) is 4.26. The van der Waals surface area contributed by atoms with E-state index >= 15 is 0 Å². The molecule has 19 heavy (non-hydrogen) atoms. The van der Waals surface area contributed by atoms with Crippen LogP contribution in [0.15, 0.2) is 24.3 Å². The van der Waals surface area contributed by atoms with Crippen molar-refractivity contribution < 1.29 is 19.1 Å². The lowest BCUT2D eigenvalue weighted by molar-refractivity contribution is -0.145. The number of carbonyl (C=O) groups is 2. The molecule has 0 spiro atoms. The van der Waals surface area contributed by atoms with Gasteiger partial charge in [-0.25, -0.2) is 4.79 Å². The van der Waals surface area contributed by atoms with Gasteiger partial charge in [0.25, 0.3) is 0 Å². The standard InChI is InChI=1S/C14H19NO4/c1-9(11-5-7-12(18-3)8-6-11)13(14(17)19-4)15-10(2)16/h5-9,13H,1-4H3,(H,15,16)/t9-,13+/m1/s1. The van der Waals surface area contributed by atoms with Gasteiger partial charge < -0.3 is 14.8 Å². The molecule has 1 aromatic carbocycles. The van der Waals surface area contributed by atoms with Crippen molar-refractivity contribution in [1.82, 2.24) is 5.32 Å². The molecule has 0 aliphatic rings. The summed E-state index contributed by atoms with van der Waals surface area (Å²) in [4.78, 5) is 22.9. The summed E-state index contributed by atoms with van der Waals surface area (Å²) in [5, 5.41) is 2.61. The third kappa shape index (κ3) is 3.98. The van der Waals surface area contributed by atoms with Gasteiger partial charge in [-0.3, -0.25) is 4.79 Å². The van der Waals surface area contributed by atoms with E-state index in [0.717, 1.165) is 11.3 Å². The molecular weight excluding hydrogens is 246 g/mol. The normalized spacial score (nSPS) is 13.3. The van der Waals surface area contributed by atoms with Crippen molar-refractivity contribution in [2.24, 2.45) is 0 Å². The monoisotopic (exact) mass is 265 g/mol. The largest absolute Gasteiger partial charge is 0.497 e. The van der Waals surface area contributed by atoms with Gasteiger partial charge in [-0.15, -0.1) is 0 Å². The molecule has 0 bridgehead atoms. The summed E-state index contributed by atoms with van der Waals surface area (Å²) in [6.07, 6.45) is 0. The number of hydrogen-bond donors (Lipinski definition) is 1. The lowest BCUT2D eigenvalue weighted by atomic mass is 9.93. The number of nitrogens with one attached hydrogen (secondary N) is 1. The highest BCUT2D eigenvalue weighted by Gasteiger charge is 2.27. The third-order valence-corrected chi connectivity index (χ3v) is 2.96. The van der Waals surface area contributed by atoms with Crippen LogP contribution in [0.4, 0.5) is 0 Å². The number of carbonyl (C=O) groups excluding carboxylic acids is 2. The fraction of sp³-hybridized carbons (Fsp3) is 0.429. The molecule has 0 saturated heterocycles. The summed E-state index contributed by atoms with van der Waals surface area (Å²) in [5.41, 5.74) is 0.921. The highest BCUT2D eigenvalue weighted by atomic mass is 16.5. The van der Waals surface area contributed by atoms with E-state index in [2.05, 4.69) is 5.32 Å². The van der Waals surface area contributed by atoms with Crippen molar-refractivity contribution in [2.45, 2.75) is 25.8 Å². The van der Waals surface area contributed by atoms with E-state index in [1.54, 1.807) is 7.11 Å². The van der Waals surface area contributed by atoms with Crippen molar-refractivity contribution >= 4 is 11.9 Å². The zero-order chi connectivity index (χ0) is 14.4. The van der Waals surface area contributed by atoms with Crippen molar-refractivity contribution in [2.75, 3.05) is 14.2 Å². The molecule has 1 rings (SSSR count). The fourth-order valence-electron chi connectivity index (χ4n) is 1.83. The lowest BCUT2D eigenvalue weighted by Crippen LogP contribution is -2.43. The van der Waals surface area contributed by atoms with Crippen LogP contribution in [0.25, 0.3) is 0 Å². The summed E-state index contributed by atoms with van der Waals surface area (Å²) in [6, 6.07) is 6.65.